The molecular formula is C35H26F10O. The molecule has 46 heavy (non-hydrogen) atoms. The minimum Gasteiger partial charge on any atom is -0.429 e. The van der Waals surface area contributed by atoms with Crippen LogP contribution in [0.4, 0.5) is 43.9 Å². The van der Waals surface area contributed by atoms with Gasteiger partial charge in [0.15, 0.2) is 17.5 Å². The van der Waals surface area contributed by atoms with Crippen LogP contribution in [-0.4, -0.2) is 0 Å². The topological polar surface area (TPSA) is 9.23 Å². The molecule has 1 nitrogen and oxygen atoms in total. The third-order valence-corrected chi connectivity index (χ3v) is 8.26. The Balaban J connectivity index is 1.37. The Morgan fingerprint density at radius 1 is 0.674 bits per heavy atom. The minimum absolute atomic E-state index is 0.110. The fourth-order valence-corrected chi connectivity index (χ4v) is 5.94. The predicted molar refractivity (Wildman–Crippen MR) is 152 cm³/mol. The smallest absolute Gasteiger partial charge is 0.429 e. The number of ether oxygens (including phenoxy) is 1. The average molecular weight is 653 g/mol. The zero-order valence-corrected chi connectivity index (χ0v) is 24.1. The maximum absolute atomic E-state index is 15.2. The van der Waals surface area contributed by atoms with Crippen LogP contribution in [0.3, 0.4) is 0 Å². The van der Waals surface area contributed by atoms with Gasteiger partial charge >= 0.3 is 6.11 Å². The fourth-order valence-electron chi connectivity index (χ4n) is 5.94. The van der Waals surface area contributed by atoms with E-state index in [2.05, 4.69) is 11.3 Å². The van der Waals surface area contributed by atoms with Gasteiger partial charge in [-0.3, -0.25) is 0 Å². The van der Waals surface area contributed by atoms with Gasteiger partial charge < -0.3 is 4.74 Å². The lowest BCUT2D eigenvalue weighted by Crippen LogP contribution is -2.25. The van der Waals surface area contributed by atoms with Crippen molar-refractivity contribution in [3.05, 3.63) is 125 Å². The second kappa shape index (κ2) is 13.2. The molecule has 0 saturated heterocycles. The van der Waals surface area contributed by atoms with Crippen molar-refractivity contribution in [1.82, 2.24) is 0 Å². The summed E-state index contributed by atoms with van der Waals surface area (Å²) in [7, 11) is 0. The lowest BCUT2D eigenvalue weighted by atomic mass is 9.77. The number of allylic oxidation sites excluding steroid dienone is 1. The van der Waals surface area contributed by atoms with Crippen LogP contribution in [0.2, 0.25) is 0 Å². The second-order valence-electron chi connectivity index (χ2n) is 11.3. The molecule has 11 heteroatoms. The van der Waals surface area contributed by atoms with E-state index in [1.807, 2.05) is 6.08 Å². The Kier molecular flexibility index (Phi) is 9.51. The van der Waals surface area contributed by atoms with Gasteiger partial charge in [0.2, 0.25) is 0 Å². The second-order valence-corrected chi connectivity index (χ2v) is 11.3. The number of halogens is 10. The van der Waals surface area contributed by atoms with E-state index in [1.165, 1.54) is 0 Å². The van der Waals surface area contributed by atoms with Crippen LogP contribution in [0.1, 0.15) is 55.6 Å². The van der Waals surface area contributed by atoms with Gasteiger partial charge in [-0.05, 0) is 116 Å². The van der Waals surface area contributed by atoms with Crippen LogP contribution in [0.5, 0.6) is 5.75 Å². The highest BCUT2D eigenvalue weighted by molar-refractivity contribution is 5.67. The van der Waals surface area contributed by atoms with Crippen molar-refractivity contribution in [2.24, 2.45) is 5.92 Å². The summed E-state index contributed by atoms with van der Waals surface area (Å²) in [5, 5.41) is 0. The first-order valence-electron chi connectivity index (χ1n) is 14.4. The summed E-state index contributed by atoms with van der Waals surface area (Å²) >= 11 is 0. The van der Waals surface area contributed by atoms with Gasteiger partial charge in [-0.15, -0.1) is 6.58 Å². The van der Waals surface area contributed by atoms with E-state index in [0.29, 0.717) is 54.7 Å². The van der Waals surface area contributed by atoms with Crippen LogP contribution in [-0.2, 0) is 6.11 Å². The first-order valence-corrected chi connectivity index (χ1v) is 14.4. The summed E-state index contributed by atoms with van der Waals surface area (Å²) in [5.41, 5.74) is -3.96. The van der Waals surface area contributed by atoms with Crippen molar-refractivity contribution in [2.45, 2.75) is 50.6 Å². The summed E-state index contributed by atoms with van der Waals surface area (Å²) in [6, 6.07) is 5.69. The number of hydrogen-bond donors (Lipinski definition) is 0. The Morgan fingerprint density at radius 2 is 1.24 bits per heavy atom. The standard InChI is InChI=1S/C35H26F10O/c1-2-3-4-18-5-7-19(8-6-18)20-11-26(37)32(27(38)12-20)22-15-28(39)33(29(40)16-22)35(44,45)46-23-9-10-24(25(36)17-23)21-13-30(41)34(43)31(42)14-21/h2,9-19H,1,3-8H2. The van der Waals surface area contributed by atoms with Crippen molar-refractivity contribution < 1.29 is 48.6 Å². The number of benzene rings is 4. The normalized spacial score (nSPS) is 16.8. The van der Waals surface area contributed by atoms with Gasteiger partial charge in [0.05, 0.1) is 5.56 Å². The summed E-state index contributed by atoms with van der Waals surface area (Å²) in [6.45, 7) is 3.71. The summed E-state index contributed by atoms with van der Waals surface area (Å²) in [6.07, 6.45) is 2.14. The zero-order chi connectivity index (χ0) is 33.3. The highest BCUT2D eigenvalue weighted by Gasteiger charge is 2.41. The van der Waals surface area contributed by atoms with Crippen molar-refractivity contribution in [1.29, 1.82) is 0 Å². The van der Waals surface area contributed by atoms with Crippen molar-refractivity contribution >= 4 is 0 Å². The lowest BCUT2D eigenvalue weighted by molar-refractivity contribution is -0.189. The minimum atomic E-state index is -4.75. The molecule has 1 aliphatic carbocycles. The molecule has 0 spiro atoms. The highest BCUT2D eigenvalue weighted by atomic mass is 19.3. The van der Waals surface area contributed by atoms with Crippen molar-refractivity contribution in [3.63, 3.8) is 0 Å². The van der Waals surface area contributed by atoms with Crippen LogP contribution in [0, 0.1) is 52.5 Å². The van der Waals surface area contributed by atoms with Gasteiger partial charge in [0.1, 0.15) is 40.4 Å². The Labute approximate surface area is 258 Å². The van der Waals surface area contributed by atoms with E-state index >= 15 is 8.78 Å². The number of alkyl halides is 2. The molecule has 0 unspecified atom stereocenters. The van der Waals surface area contributed by atoms with Gasteiger partial charge in [0, 0.05) is 11.6 Å². The molecule has 0 aromatic heterocycles. The van der Waals surface area contributed by atoms with E-state index in [1.54, 1.807) is 0 Å². The molecule has 4 aromatic rings. The number of hydrogen-bond acceptors (Lipinski definition) is 1. The molecule has 4 aromatic carbocycles. The molecule has 0 N–H and O–H groups in total. The van der Waals surface area contributed by atoms with Gasteiger partial charge in [0.25, 0.3) is 0 Å². The Hall–Kier alpha value is -4.28. The van der Waals surface area contributed by atoms with E-state index in [9.17, 15) is 35.1 Å². The molecule has 0 radical (unpaired) electrons. The van der Waals surface area contributed by atoms with Crippen LogP contribution >= 0.6 is 0 Å². The van der Waals surface area contributed by atoms with Crippen molar-refractivity contribution in [3.8, 4) is 28.0 Å². The van der Waals surface area contributed by atoms with Crippen molar-refractivity contribution in [2.75, 3.05) is 0 Å². The SMILES string of the molecule is C=CCCC1CCC(c2cc(F)c(-c3cc(F)c(C(F)(F)Oc4ccc(-c5cc(F)c(F)c(F)c5)c(F)c4)c(F)c3)c(F)c2)CC1. The van der Waals surface area contributed by atoms with Gasteiger partial charge in [-0.25, -0.2) is 35.1 Å². The van der Waals surface area contributed by atoms with E-state index < -0.39 is 86.2 Å². The molecule has 0 amide bonds. The van der Waals surface area contributed by atoms with Gasteiger partial charge in [-0.2, -0.15) is 8.78 Å². The first-order chi connectivity index (χ1) is 21.8. The maximum Gasteiger partial charge on any atom is 0.432 e. The molecule has 0 heterocycles. The third-order valence-electron chi connectivity index (χ3n) is 8.26. The van der Waals surface area contributed by atoms with Gasteiger partial charge in [-0.1, -0.05) is 6.08 Å². The molecule has 0 atom stereocenters. The molecular weight excluding hydrogens is 626 g/mol. The monoisotopic (exact) mass is 652 g/mol. The molecule has 5 rings (SSSR count). The van der Waals surface area contributed by atoms with Crippen LogP contribution in [0.25, 0.3) is 22.3 Å². The molecule has 1 saturated carbocycles. The average Bonchev–Trinajstić information content (AvgIpc) is 2.98. The van der Waals surface area contributed by atoms with E-state index in [4.69, 9.17) is 0 Å². The predicted octanol–water partition coefficient (Wildman–Crippen LogP) is 11.5. The molecule has 1 fully saturated rings. The molecule has 1 aliphatic rings. The Morgan fingerprint density at radius 3 is 1.78 bits per heavy atom. The lowest BCUT2D eigenvalue weighted by Gasteiger charge is -2.29. The van der Waals surface area contributed by atoms with E-state index in [-0.39, 0.29) is 5.92 Å². The third kappa shape index (κ3) is 6.78. The highest BCUT2D eigenvalue weighted by Crippen LogP contribution is 2.42. The summed E-state index contributed by atoms with van der Waals surface area (Å²) < 4.78 is 150. The Bertz CT molecular complexity index is 1710. The zero-order valence-electron chi connectivity index (χ0n) is 24.1. The van der Waals surface area contributed by atoms with E-state index in [0.717, 1.165) is 49.9 Å². The molecule has 242 valence electrons. The summed E-state index contributed by atoms with van der Waals surface area (Å²) in [4.78, 5) is 0. The molecule has 0 aliphatic heterocycles. The maximum atomic E-state index is 15.2. The van der Waals surface area contributed by atoms with Crippen LogP contribution < -0.4 is 4.74 Å². The quantitative estimate of drug-likeness (QED) is 0.0993. The fraction of sp³-hybridized carbons (Fsp3) is 0.257. The molecule has 0 bridgehead atoms. The number of rotatable bonds is 9. The first kappa shape index (κ1) is 33.1. The largest absolute Gasteiger partial charge is 0.432 e. The van der Waals surface area contributed by atoms with Crippen LogP contribution in [0.15, 0.2) is 67.3 Å². The summed E-state index contributed by atoms with van der Waals surface area (Å²) in [5.74, 6) is -12.9.